The van der Waals surface area contributed by atoms with Gasteiger partial charge in [-0.05, 0) is 49.9 Å². The van der Waals surface area contributed by atoms with E-state index in [2.05, 4.69) is 21.3 Å². The van der Waals surface area contributed by atoms with E-state index in [-0.39, 0.29) is 79.8 Å². The monoisotopic (exact) mass is 728 g/mol. The molecule has 13 nitrogen and oxygen atoms in total. The van der Waals surface area contributed by atoms with Crippen LogP contribution in [0.3, 0.4) is 0 Å². The zero-order valence-corrected chi connectivity index (χ0v) is 30.9. The van der Waals surface area contributed by atoms with Crippen LogP contribution in [0.5, 0.6) is 0 Å². The average molecular weight is 729 g/mol. The lowest BCUT2D eigenvalue weighted by Gasteiger charge is -2.31. The number of ether oxygens (including phenoxy) is 1. The minimum atomic E-state index is -0.369. The summed E-state index contributed by atoms with van der Waals surface area (Å²) in [6.45, 7) is 1.94. The summed E-state index contributed by atoms with van der Waals surface area (Å²) in [4.78, 5) is 61.4. The molecule has 4 atom stereocenters. The predicted molar refractivity (Wildman–Crippen MR) is 202 cm³/mol. The summed E-state index contributed by atoms with van der Waals surface area (Å²) < 4.78 is 8.60. The van der Waals surface area contributed by atoms with Gasteiger partial charge in [-0.1, -0.05) is 62.1 Å². The minimum absolute atomic E-state index is 0.0780. The van der Waals surface area contributed by atoms with Gasteiger partial charge < -0.3 is 40.2 Å². The number of para-hydroxylation sites is 2. The molecule has 4 amide bonds. The molecule has 0 spiro atoms. The van der Waals surface area contributed by atoms with Gasteiger partial charge in [-0.3, -0.25) is 24.0 Å². The van der Waals surface area contributed by atoms with E-state index in [0.29, 0.717) is 11.4 Å². The number of aryl methyl sites for hydroxylation is 2. The number of rotatable bonds is 11. The lowest BCUT2D eigenvalue weighted by molar-refractivity contribution is -0.141. The van der Waals surface area contributed by atoms with Crippen LogP contribution in [0.1, 0.15) is 79.3 Å². The van der Waals surface area contributed by atoms with Crippen LogP contribution in [-0.2, 0) is 33.2 Å². The number of hydrogen-bond acceptors (Lipinski definition) is 7. The number of nitrogens with one attached hydrogen (secondary N) is 4. The molecule has 2 aliphatic carbocycles. The second kappa shape index (κ2) is 18.5. The molecule has 0 radical (unpaired) electrons. The van der Waals surface area contributed by atoms with Gasteiger partial charge in [0.1, 0.15) is 18.0 Å². The summed E-state index contributed by atoms with van der Waals surface area (Å²) in [6.07, 6.45) is 7.00. The van der Waals surface area contributed by atoms with E-state index in [1.807, 2.05) is 83.9 Å². The zero-order chi connectivity index (χ0) is 37.9. The Kier molecular flexibility index (Phi) is 13.7. The van der Waals surface area contributed by atoms with Crippen molar-refractivity contribution in [3.63, 3.8) is 0 Å². The third-order valence-corrected chi connectivity index (χ3v) is 10.3. The van der Waals surface area contributed by atoms with Crippen molar-refractivity contribution >= 4 is 51.4 Å². The van der Waals surface area contributed by atoms with Crippen molar-refractivity contribution < 1.29 is 33.8 Å². The molecule has 2 fully saturated rings. The number of esters is 1. The van der Waals surface area contributed by atoms with Crippen LogP contribution in [0.25, 0.3) is 21.8 Å². The number of carbonyl (C=O) groups is 5. The molecular weight excluding hydrogens is 676 g/mol. The van der Waals surface area contributed by atoms with Crippen LogP contribution >= 0.6 is 0 Å². The maximum absolute atomic E-state index is 12.9. The van der Waals surface area contributed by atoms with Gasteiger partial charge in [0.2, 0.25) is 11.8 Å². The number of carbonyl (C=O) groups excluding carboxylic acids is 5. The molecule has 0 bridgehead atoms. The van der Waals surface area contributed by atoms with Gasteiger partial charge in [-0.2, -0.15) is 0 Å². The molecule has 6 rings (SSSR count). The quantitative estimate of drug-likeness (QED) is 0.116. The van der Waals surface area contributed by atoms with Crippen molar-refractivity contribution in [2.75, 3.05) is 26.3 Å². The maximum Gasteiger partial charge on any atom is 0.302 e. The molecular formula is C40H52N6O7. The SMILES string of the molecule is CC(=O)OCCNC(=O)[C@@H]1CCCC[C@@H]1NC(=O)c1cc2ccccc2n1C.Cn1c(C(=O)N[C@H]2CCCC[C@H]2C(=O)NCCO)cc2ccccc21. The molecule has 2 aliphatic rings. The molecule has 13 heteroatoms. The van der Waals surface area contributed by atoms with E-state index in [0.717, 1.165) is 73.2 Å². The van der Waals surface area contributed by atoms with Crippen molar-refractivity contribution in [2.24, 2.45) is 25.9 Å². The number of nitrogens with zero attached hydrogens (tertiary/aromatic N) is 2. The molecule has 0 aliphatic heterocycles. The minimum Gasteiger partial charge on any atom is -0.464 e. The summed E-state index contributed by atoms with van der Waals surface area (Å²) in [7, 11) is 3.75. The first-order chi connectivity index (χ1) is 25.6. The van der Waals surface area contributed by atoms with E-state index < -0.39 is 0 Å². The molecule has 2 aromatic carbocycles. The highest BCUT2D eigenvalue weighted by Gasteiger charge is 2.34. The van der Waals surface area contributed by atoms with E-state index in [9.17, 15) is 24.0 Å². The Morgan fingerprint density at radius 1 is 0.679 bits per heavy atom. The average Bonchev–Trinajstić information content (AvgIpc) is 3.69. The summed E-state index contributed by atoms with van der Waals surface area (Å²) >= 11 is 0. The normalized spacial score (nSPS) is 19.8. The Labute approximate surface area is 309 Å². The van der Waals surface area contributed by atoms with E-state index in [1.165, 1.54) is 6.92 Å². The zero-order valence-electron chi connectivity index (χ0n) is 30.9. The van der Waals surface area contributed by atoms with Gasteiger partial charge in [0.05, 0.1) is 25.0 Å². The van der Waals surface area contributed by atoms with Gasteiger partial charge in [0.25, 0.3) is 11.8 Å². The largest absolute Gasteiger partial charge is 0.464 e. The number of aromatic nitrogens is 2. The first-order valence-corrected chi connectivity index (χ1v) is 18.6. The van der Waals surface area contributed by atoms with Gasteiger partial charge in [-0.15, -0.1) is 0 Å². The number of benzene rings is 2. The summed E-state index contributed by atoms with van der Waals surface area (Å²) in [5, 5.41) is 22.6. The summed E-state index contributed by atoms with van der Waals surface area (Å²) in [5.74, 6) is -1.38. The van der Waals surface area contributed by atoms with Gasteiger partial charge in [0, 0.05) is 61.5 Å². The predicted octanol–water partition coefficient (Wildman–Crippen LogP) is 3.72. The highest BCUT2D eigenvalue weighted by Crippen LogP contribution is 2.27. The first kappa shape index (κ1) is 39.0. The van der Waals surface area contributed by atoms with Crippen molar-refractivity contribution in [3.8, 4) is 0 Å². The Balaban J connectivity index is 0.000000206. The lowest BCUT2D eigenvalue weighted by Crippen LogP contribution is -2.49. The number of aliphatic hydroxyl groups excluding tert-OH is 1. The van der Waals surface area contributed by atoms with E-state index >= 15 is 0 Å². The first-order valence-electron chi connectivity index (χ1n) is 18.6. The topological polar surface area (TPSA) is 173 Å². The highest BCUT2D eigenvalue weighted by atomic mass is 16.5. The molecule has 2 saturated carbocycles. The number of fused-ring (bicyclic) bond motifs is 2. The number of hydrogen-bond donors (Lipinski definition) is 5. The second-order valence-electron chi connectivity index (χ2n) is 13.9. The Morgan fingerprint density at radius 3 is 1.55 bits per heavy atom. The molecule has 0 unspecified atom stereocenters. The molecule has 53 heavy (non-hydrogen) atoms. The highest BCUT2D eigenvalue weighted by molar-refractivity contribution is 6.00. The van der Waals surface area contributed by atoms with Crippen molar-refractivity contribution in [3.05, 3.63) is 72.1 Å². The molecule has 284 valence electrons. The molecule has 2 heterocycles. The van der Waals surface area contributed by atoms with Crippen molar-refractivity contribution in [2.45, 2.75) is 70.4 Å². The van der Waals surface area contributed by atoms with Gasteiger partial charge >= 0.3 is 5.97 Å². The Morgan fingerprint density at radius 2 is 1.11 bits per heavy atom. The lowest BCUT2D eigenvalue weighted by atomic mass is 9.83. The van der Waals surface area contributed by atoms with Crippen molar-refractivity contribution in [1.29, 1.82) is 0 Å². The van der Waals surface area contributed by atoms with Crippen LogP contribution in [0.15, 0.2) is 60.7 Å². The smallest absolute Gasteiger partial charge is 0.302 e. The fourth-order valence-corrected chi connectivity index (χ4v) is 7.54. The molecule has 0 saturated heterocycles. The van der Waals surface area contributed by atoms with E-state index in [4.69, 9.17) is 9.84 Å². The van der Waals surface area contributed by atoms with Crippen LogP contribution < -0.4 is 21.3 Å². The Hall–Kier alpha value is -5.17. The summed E-state index contributed by atoms with van der Waals surface area (Å²) in [6, 6.07) is 19.1. The Bertz CT molecular complexity index is 1920. The third-order valence-electron chi connectivity index (χ3n) is 10.3. The second-order valence-corrected chi connectivity index (χ2v) is 13.9. The third kappa shape index (κ3) is 9.83. The van der Waals surface area contributed by atoms with E-state index in [1.54, 1.807) is 0 Å². The van der Waals surface area contributed by atoms with Crippen LogP contribution in [0.4, 0.5) is 0 Å². The van der Waals surface area contributed by atoms with Crippen LogP contribution in [0, 0.1) is 11.8 Å². The molecule has 5 N–H and O–H groups in total. The number of amides is 4. The molecule has 4 aromatic rings. The fraction of sp³-hybridized carbons (Fsp3) is 0.475. The number of aliphatic hydroxyl groups is 1. The van der Waals surface area contributed by atoms with Crippen LogP contribution in [-0.4, -0.2) is 82.2 Å². The van der Waals surface area contributed by atoms with Crippen LogP contribution in [0.2, 0.25) is 0 Å². The molecule has 2 aromatic heterocycles. The van der Waals surface area contributed by atoms with Crippen molar-refractivity contribution in [1.82, 2.24) is 30.4 Å². The maximum atomic E-state index is 12.9. The fourth-order valence-electron chi connectivity index (χ4n) is 7.54. The standard InChI is InChI=1S/C21H27N3O4.C19H25N3O3/c1-14(25)28-12-11-22-20(26)16-8-4-5-9-17(16)23-21(27)19-13-15-7-3-6-10-18(15)24(19)2;1-22-16-9-5-2-6-13(16)12-17(22)19(25)21-15-8-4-3-7-14(15)18(24)20-10-11-23/h3,6-7,10,13,16-17H,4-5,8-9,11-12H2,1-2H3,(H,22,26)(H,23,27);2,5-6,9,12,14-15,23H,3-4,7-8,10-11H2,1H3,(H,20,24)(H,21,25)/t16-,17+;14-,15+/m11/s1. The van der Waals surface area contributed by atoms with Gasteiger partial charge in [0.15, 0.2) is 0 Å². The van der Waals surface area contributed by atoms with Gasteiger partial charge in [-0.25, -0.2) is 0 Å². The summed E-state index contributed by atoms with van der Waals surface area (Å²) in [5.41, 5.74) is 3.19.